The van der Waals surface area contributed by atoms with Crippen molar-refractivity contribution in [3.05, 3.63) is 71.3 Å². The molecule has 3 amide bonds. The van der Waals surface area contributed by atoms with Crippen molar-refractivity contribution in [3.63, 3.8) is 0 Å². The average molecular weight is 420 g/mol. The number of ether oxygens (including phenoxy) is 2. The third-order valence-corrected chi connectivity index (χ3v) is 6.03. The first-order chi connectivity index (χ1) is 15.1. The van der Waals surface area contributed by atoms with Crippen LogP contribution in [0.1, 0.15) is 45.5 Å². The second kappa shape index (κ2) is 8.15. The molecule has 2 aliphatic heterocycles. The van der Waals surface area contributed by atoms with Crippen molar-refractivity contribution < 1.29 is 23.9 Å². The van der Waals surface area contributed by atoms with Crippen molar-refractivity contribution in [1.82, 2.24) is 9.80 Å². The summed E-state index contributed by atoms with van der Waals surface area (Å²) in [7, 11) is 0. The number of carbonyl (C=O) groups excluding carboxylic acids is 3. The average Bonchev–Trinajstić information content (AvgIpc) is 3.59. The molecule has 31 heavy (non-hydrogen) atoms. The van der Waals surface area contributed by atoms with Crippen molar-refractivity contribution >= 4 is 17.9 Å². The summed E-state index contributed by atoms with van der Waals surface area (Å²) < 4.78 is 11.6. The molecule has 1 saturated carbocycles. The van der Waals surface area contributed by atoms with Gasteiger partial charge in [0.15, 0.2) is 0 Å². The van der Waals surface area contributed by atoms with E-state index in [1.54, 1.807) is 29.2 Å². The summed E-state index contributed by atoms with van der Waals surface area (Å²) in [6.45, 7) is 0.844. The largest absolute Gasteiger partial charge is 0.445 e. The number of likely N-dealkylation sites (tertiary alicyclic amines) is 1. The Labute approximate surface area is 180 Å². The topological polar surface area (TPSA) is 76.2 Å². The van der Waals surface area contributed by atoms with Gasteiger partial charge in [-0.15, -0.1) is 0 Å². The zero-order valence-corrected chi connectivity index (χ0v) is 17.1. The molecule has 2 heterocycles. The van der Waals surface area contributed by atoms with E-state index < -0.39 is 12.1 Å². The van der Waals surface area contributed by atoms with E-state index in [1.807, 2.05) is 30.3 Å². The quantitative estimate of drug-likeness (QED) is 0.694. The molecule has 3 aliphatic rings. The number of fused-ring (bicyclic) bond motifs is 1. The van der Waals surface area contributed by atoms with Gasteiger partial charge < -0.3 is 14.4 Å². The highest BCUT2D eigenvalue weighted by Crippen LogP contribution is 2.33. The lowest BCUT2D eigenvalue weighted by Crippen LogP contribution is -2.58. The summed E-state index contributed by atoms with van der Waals surface area (Å²) in [6, 6.07) is 15.8. The lowest BCUT2D eigenvalue weighted by molar-refractivity contribution is -0.0483. The van der Waals surface area contributed by atoms with Crippen LogP contribution in [-0.4, -0.2) is 59.0 Å². The van der Waals surface area contributed by atoms with Gasteiger partial charge in [0.05, 0.1) is 29.4 Å². The Balaban J connectivity index is 1.33. The second-order valence-corrected chi connectivity index (χ2v) is 8.24. The van der Waals surface area contributed by atoms with E-state index in [9.17, 15) is 14.4 Å². The molecule has 1 aliphatic carbocycles. The minimum absolute atomic E-state index is 0.176. The summed E-state index contributed by atoms with van der Waals surface area (Å²) in [5, 5.41) is 0. The van der Waals surface area contributed by atoms with Crippen LogP contribution in [-0.2, 0) is 16.1 Å². The SMILES string of the molecule is O=C(OCc1ccccc1)N1CCC(OC2CC2)C(N2C(=O)c3ccccc3C2=O)C1. The van der Waals surface area contributed by atoms with Crippen LogP contribution in [0.4, 0.5) is 4.79 Å². The highest BCUT2D eigenvalue weighted by Gasteiger charge is 2.47. The summed E-state index contributed by atoms with van der Waals surface area (Å²) >= 11 is 0. The fourth-order valence-electron chi connectivity index (χ4n) is 4.25. The molecule has 0 spiro atoms. The summed E-state index contributed by atoms with van der Waals surface area (Å²) in [5.74, 6) is -0.649. The van der Waals surface area contributed by atoms with Crippen molar-refractivity contribution in [2.24, 2.45) is 0 Å². The molecule has 7 nitrogen and oxygen atoms in total. The third kappa shape index (κ3) is 3.93. The number of amides is 3. The minimum Gasteiger partial charge on any atom is -0.445 e. The molecular weight excluding hydrogens is 396 g/mol. The lowest BCUT2D eigenvalue weighted by atomic mass is 10.0. The Hall–Kier alpha value is -3.19. The molecule has 5 rings (SSSR count). The Bertz CT molecular complexity index is 969. The standard InChI is InChI=1S/C24H24N2O5/c27-22-18-8-4-5-9-19(18)23(28)26(22)20-14-25(13-12-21(20)31-17-10-11-17)24(29)30-15-16-6-2-1-3-7-16/h1-9,17,20-21H,10-15H2. The van der Waals surface area contributed by atoms with Crippen molar-refractivity contribution in [2.45, 2.75) is 44.1 Å². The van der Waals surface area contributed by atoms with Gasteiger partial charge >= 0.3 is 6.09 Å². The zero-order valence-electron chi connectivity index (χ0n) is 17.1. The molecule has 2 aromatic rings. The van der Waals surface area contributed by atoms with E-state index >= 15 is 0 Å². The number of imide groups is 1. The predicted molar refractivity (Wildman–Crippen MR) is 111 cm³/mol. The van der Waals surface area contributed by atoms with Crippen molar-refractivity contribution in [3.8, 4) is 0 Å². The maximum atomic E-state index is 13.1. The molecule has 0 aromatic heterocycles. The van der Waals surface area contributed by atoms with Crippen LogP contribution >= 0.6 is 0 Å². The normalized spacial score (nSPS) is 23.1. The highest BCUT2D eigenvalue weighted by atomic mass is 16.6. The van der Waals surface area contributed by atoms with Crippen LogP contribution in [0.15, 0.2) is 54.6 Å². The summed E-state index contributed by atoms with van der Waals surface area (Å²) in [5.41, 5.74) is 1.71. The van der Waals surface area contributed by atoms with Crippen LogP contribution in [0.25, 0.3) is 0 Å². The van der Waals surface area contributed by atoms with Gasteiger partial charge in [-0.25, -0.2) is 4.79 Å². The fourth-order valence-corrected chi connectivity index (χ4v) is 4.25. The second-order valence-electron chi connectivity index (χ2n) is 8.24. The predicted octanol–water partition coefficient (Wildman–Crippen LogP) is 3.24. The van der Waals surface area contributed by atoms with Gasteiger partial charge in [0.25, 0.3) is 11.8 Å². The number of hydrogen-bond donors (Lipinski definition) is 0. The molecule has 2 atom stereocenters. The Morgan fingerprint density at radius 2 is 1.55 bits per heavy atom. The fraction of sp³-hybridized carbons (Fsp3) is 0.375. The number of hydrogen-bond acceptors (Lipinski definition) is 5. The summed E-state index contributed by atoms with van der Waals surface area (Å²) in [4.78, 5) is 41.7. The van der Waals surface area contributed by atoms with Crippen LogP contribution in [0.2, 0.25) is 0 Å². The smallest absolute Gasteiger partial charge is 0.410 e. The molecule has 2 unspecified atom stereocenters. The van der Waals surface area contributed by atoms with E-state index in [0.29, 0.717) is 24.1 Å². The molecule has 160 valence electrons. The Morgan fingerprint density at radius 1 is 0.903 bits per heavy atom. The number of carbonyl (C=O) groups is 3. The van der Waals surface area contributed by atoms with E-state index in [4.69, 9.17) is 9.47 Å². The molecular formula is C24H24N2O5. The lowest BCUT2D eigenvalue weighted by Gasteiger charge is -2.41. The Morgan fingerprint density at radius 3 is 2.19 bits per heavy atom. The molecule has 0 N–H and O–H groups in total. The van der Waals surface area contributed by atoms with Crippen molar-refractivity contribution in [1.29, 1.82) is 0 Å². The maximum Gasteiger partial charge on any atom is 0.410 e. The number of rotatable bonds is 5. The van der Waals surface area contributed by atoms with Gasteiger partial charge in [-0.1, -0.05) is 42.5 Å². The molecule has 0 bridgehead atoms. The zero-order chi connectivity index (χ0) is 21.4. The molecule has 2 aromatic carbocycles. The number of nitrogens with zero attached hydrogens (tertiary/aromatic N) is 2. The summed E-state index contributed by atoms with van der Waals surface area (Å²) in [6.07, 6.45) is 1.99. The van der Waals surface area contributed by atoms with Gasteiger partial charge in [-0.3, -0.25) is 14.5 Å². The van der Waals surface area contributed by atoms with Gasteiger partial charge in [0, 0.05) is 13.1 Å². The highest BCUT2D eigenvalue weighted by molar-refractivity contribution is 6.21. The molecule has 7 heteroatoms. The van der Waals surface area contributed by atoms with E-state index in [2.05, 4.69) is 0 Å². The minimum atomic E-state index is -0.536. The van der Waals surface area contributed by atoms with Crippen LogP contribution in [0, 0.1) is 0 Å². The van der Waals surface area contributed by atoms with Gasteiger partial charge in [0.1, 0.15) is 6.61 Å². The van der Waals surface area contributed by atoms with E-state index in [1.165, 1.54) is 4.90 Å². The monoisotopic (exact) mass is 420 g/mol. The van der Waals surface area contributed by atoms with Crippen molar-refractivity contribution in [2.75, 3.05) is 13.1 Å². The maximum absolute atomic E-state index is 13.1. The Kier molecular flexibility index (Phi) is 5.19. The third-order valence-electron chi connectivity index (χ3n) is 6.03. The van der Waals surface area contributed by atoms with E-state index in [0.717, 1.165) is 18.4 Å². The molecule has 2 fully saturated rings. The van der Waals surface area contributed by atoms with Crippen LogP contribution < -0.4 is 0 Å². The van der Waals surface area contributed by atoms with Crippen LogP contribution in [0.3, 0.4) is 0 Å². The van der Waals surface area contributed by atoms with Gasteiger partial charge in [-0.2, -0.15) is 0 Å². The van der Waals surface area contributed by atoms with E-state index in [-0.39, 0.29) is 37.2 Å². The first-order valence-electron chi connectivity index (χ1n) is 10.7. The van der Waals surface area contributed by atoms with Crippen LogP contribution in [0.5, 0.6) is 0 Å². The van der Waals surface area contributed by atoms with Gasteiger partial charge in [0.2, 0.25) is 0 Å². The molecule has 1 saturated heterocycles. The van der Waals surface area contributed by atoms with Gasteiger partial charge in [-0.05, 0) is 37.0 Å². The first-order valence-corrected chi connectivity index (χ1v) is 10.7. The number of piperidine rings is 1. The molecule has 0 radical (unpaired) electrons. The number of benzene rings is 2. The first kappa shape index (κ1) is 19.8.